The molecule has 1 amide bonds. The standard InChI is InChI=1S/C27H25N3O2/c1-19-10-9-11-20(2)26(19)28-25(31)17-16-21-18-30(22-12-5-4-6-13-22)29-27(21)23-14-7-8-15-24(23)32-3/h4-18H,1-3H3,(H,28,31)/b17-16+. The number of aromatic nitrogens is 2. The van der Waals surface area contributed by atoms with E-state index in [4.69, 9.17) is 9.84 Å². The zero-order chi connectivity index (χ0) is 22.5. The van der Waals surface area contributed by atoms with E-state index in [0.29, 0.717) is 0 Å². The summed E-state index contributed by atoms with van der Waals surface area (Å²) < 4.78 is 7.36. The van der Waals surface area contributed by atoms with E-state index in [1.54, 1.807) is 13.2 Å². The summed E-state index contributed by atoms with van der Waals surface area (Å²) in [6.45, 7) is 3.96. The van der Waals surface area contributed by atoms with Crippen molar-refractivity contribution in [3.8, 4) is 22.7 Å². The van der Waals surface area contributed by atoms with Crippen LogP contribution < -0.4 is 10.1 Å². The number of rotatable bonds is 6. The molecule has 1 aromatic heterocycles. The first kappa shape index (κ1) is 21.1. The molecule has 0 spiro atoms. The number of benzene rings is 3. The SMILES string of the molecule is COc1ccccc1-c1nn(-c2ccccc2)cc1/C=C/C(=O)Nc1c(C)cccc1C. The summed E-state index contributed by atoms with van der Waals surface area (Å²) in [4.78, 5) is 12.7. The van der Waals surface area contributed by atoms with Gasteiger partial charge in [0.15, 0.2) is 0 Å². The molecule has 0 atom stereocenters. The van der Waals surface area contributed by atoms with E-state index < -0.39 is 0 Å². The maximum atomic E-state index is 12.7. The van der Waals surface area contributed by atoms with Gasteiger partial charge in [-0.3, -0.25) is 4.79 Å². The van der Waals surface area contributed by atoms with Crippen LogP contribution in [0.1, 0.15) is 16.7 Å². The second kappa shape index (κ2) is 9.35. The van der Waals surface area contributed by atoms with Gasteiger partial charge in [-0.15, -0.1) is 0 Å². The first-order valence-electron chi connectivity index (χ1n) is 10.4. The van der Waals surface area contributed by atoms with Gasteiger partial charge in [0.25, 0.3) is 0 Å². The zero-order valence-corrected chi connectivity index (χ0v) is 18.4. The molecule has 4 rings (SSSR count). The van der Waals surface area contributed by atoms with E-state index in [-0.39, 0.29) is 5.91 Å². The molecule has 0 aliphatic heterocycles. The van der Waals surface area contributed by atoms with Crippen molar-refractivity contribution in [2.45, 2.75) is 13.8 Å². The largest absolute Gasteiger partial charge is 0.496 e. The number of para-hydroxylation sites is 3. The summed E-state index contributed by atoms with van der Waals surface area (Å²) in [5, 5.41) is 7.79. The summed E-state index contributed by atoms with van der Waals surface area (Å²) >= 11 is 0. The number of nitrogens with one attached hydrogen (secondary N) is 1. The molecule has 1 heterocycles. The van der Waals surface area contributed by atoms with Crippen molar-refractivity contribution in [1.29, 1.82) is 0 Å². The lowest BCUT2D eigenvalue weighted by molar-refractivity contribution is -0.111. The monoisotopic (exact) mass is 423 g/mol. The summed E-state index contributed by atoms with van der Waals surface area (Å²) in [5.74, 6) is 0.529. The van der Waals surface area contributed by atoms with Crippen molar-refractivity contribution < 1.29 is 9.53 Å². The van der Waals surface area contributed by atoms with Gasteiger partial charge < -0.3 is 10.1 Å². The lowest BCUT2D eigenvalue weighted by Gasteiger charge is -2.09. The quantitative estimate of drug-likeness (QED) is 0.398. The van der Waals surface area contributed by atoms with Gasteiger partial charge in [0.1, 0.15) is 11.4 Å². The lowest BCUT2D eigenvalue weighted by atomic mass is 10.1. The Morgan fingerprint density at radius 1 is 0.938 bits per heavy atom. The molecular formula is C27H25N3O2. The van der Waals surface area contributed by atoms with Gasteiger partial charge in [-0.1, -0.05) is 48.5 Å². The highest BCUT2D eigenvalue weighted by atomic mass is 16.5. The number of ether oxygens (including phenoxy) is 1. The maximum absolute atomic E-state index is 12.7. The molecule has 0 radical (unpaired) electrons. The molecule has 0 unspecified atom stereocenters. The Labute approximate surface area is 188 Å². The number of hydrogen-bond donors (Lipinski definition) is 1. The van der Waals surface area contributed by atoms with Gasteiger partial charge in [0.05, 0.1) is 12.8 Å². The number of nitrogens with zero attached hydrogens (tertiary/aromatic N) is 2. The molecule has 0 saturated carbocycles. The van der Waals surface area contributed by atoms with Gasteiger partial charge in [0.2, 0.25) is 5.91 Å². The van der Waals surface area contributed by atoms with Crippen molar-refractivity contribution in [1.82, 2.24) is 9.78 Å². The Hall–Kier alpha value is -4.12. The zero-order valence-electron chi connectivity index (χ0n) is 18.4. The number of anilines is 1. The highest BCUT2D eigenvalue weighted by Crippen LogP contribution is 2.32. The number of aryl methyl sites for hydroxylation is 2. The Kier molecular flexibility index (Phi) is 6.17. The number of hydrogen-bond acceptors (Lipinski definition) is 3. The van der Waals surface area contributed by atoms with Crippen LogP contribution in [0.4, 0.5) is 5.69 Å². The molecule has 32 heavy (non-hydrogen) atoms. The Morgan fingerprint density at radius 3 is 2.34 bits per heavy atom. The number of methoxy groups -OCH3 is 1. The molecule has 5 nitrogen and oxygen atoms in total. The van der Waals surface area contributed by atoms with E-state index in [9.17, 15) is 4.79 Å². The van der Waals surface area contributed by atoms with Crippen LogP contribution >= 0.6 is 0 Å². The van der Waals surface area contributed by atoms with E-state index in [0.717, 1.165) is 45.1 Å². The van der Waals surface area contributed by atoms with Crippen LogP contribution in [-0.4, -0.2) is 22.8 Å². The van der Waals surface area contributed by atoms with E-state index in [2.05, 4.69) is 5.32 Å². The normalized spacial score (nSPS) is 11.0. The molecule has 0 aliphatic carbocycles. The maximum Gasteiger partial charge on any atom is 0.248 e. The molecule has 0 aliphatic rings. The summed E-state index contributed by atoms with van der Waals surface area (Å²) in [6, 6.07) is 23.5. The minimum Gasteiger partial charge on any atom is -0.496 e. The average molecular weight is 424 g/mol. The van der Waals surface area contributed by atoms with Crippen LogP contribution in [-0.2, 0) is 4.79 Å². The fraction of sp³-hybridized carbons (Fsp3) is 0.111. The van der Waals surface area contributed by atoms with Gasteiger partial charge in [-0.2, -0.15) is 5.10 Å². The predicted octanol–water partition coefficient (Wildman–Crippen LogP) is 5.82. The Morgan fingerprint density at radius 2 is 1.62 bits per heavy atom. The number of carbonyl (C=O) groups is 1. The van der Waals surface area contributed by atoms with Crippen molar-refractivity contribution in [3.05, 3.63) is 102 Å². The highest BCUT2D eigenvalue weighted by molar-refractivity contribution is 6.03. The molecule has 3 aromatic carbocycles. The first-order valence-corrected chi connectivity index (χ1v) is 10.4. The summed E-state index contributed by atoms with van der Waals surface area (Å²) in [6.07, 6.45) is 5.24. The third kappa shape index (κ3) is 4.47. The van der Waals surface area contributed by atoms with Crippen molar-refractivity contribution in [2.75, 3.05) is 12.4 Å². The van der Waals surface area contributed by atoms with Crippen LogP contribution in [0.15, 0.2) is 85.1 Å². The van der Waals surface area contributed by atoms with Crippen LogP contribution in [0.2, 0.25) is 0 Å². The van der Waals surface area contributed by atoms with Crippen LogP contribution in [0.3, 0.4) is 0 Å². The predicted molar refractivity (Wildman–Crippen MR) is 129 cm³/mol. The molecule has 0 saturated heterocycles. The molecule has 160 valence electrons. The topological polar surface area (TPSA) is 56.2 Å². The van der Waals surface area contributed by atoms with Crippen molar-refractivity contribution >= 4 is 17.7 Å². The van der Waals surface area contributed by atoms with Crippen LogP contribution in [0.5, 0.6) is 5.75 Å². The van der Waals surface area contributed by atoms with Crippen LogP contribution in [0, 0.1) is 13.8 Å². The third-order valence-corrected chi connectivity index (χ3v) is 5.27. The molecule has 0 bridgehead atoms. The summed E-state index contributed by atoms with van der Waals surface area (Å²) in [5.41, 5.74) is 6.24. The average Bonchev–Trinajstić information content (AvgIpc) is 3.25. The molecule has 1 N–H and O–H groups in total. The number of amides is 1. The van der Waals surface area contributed by atoms with Crippen molar-refractivity contribution in [3.63, 3.8) is 0 Å². The summed E-state index contributed by atoms with van der Waals surface area (Å²) in [7, 11) is 1.64. The fourth-order valence-electron chi connectivity index (χ4n) is 3.61. The molecule has 4 aromatic rings. The minimum absolute atomic E-state index is 0.194. The fourth-order valence-corrected chi connectivity index (χ4v) is 3.61. The third-order valence-electron chi connectivity index (χ3n) is 5.27. The van der Waals surface area contributed by atoms with Crippen LogP contribution in [0.25, 0.3) is 23.0 Å². The Bertz CT molecular complexity index is 1250. The number of carbonyl (C=O) groups excluding carboxylic acids is 1. The molecular weight excluding hydrogens is 398 g/mol. The first-order chi connectivity index (χ1) is 15.6. The second-order valence-electron chi connectivity index (χ2n) is 7.50. The van der Waals surface area contributed by atoms with Crippen molar-refractivity contribution in [2.24, 2.45) is 0 Å². The second-order valence-corrected chi connectivity index (χ2v) is 7.50. The van der Waals surface area contributed by atoms with Gasteiger partial charge >= 0.3 is 0 Å². The highest BCUT2D eigenvalue weighted by Gasteiger charge is 2.15. The van der Waals surface area contributed by atoms with E-state index >= 15 is 0 Å². The lowest BCUT2D eigenvalue weighted by Crippen LogP contribution is -2.10. The molecule has 0 fully saturated rings. The van der Waals surface area contributed by atoms with E-state index in [1.807, 2.05) is 97.5 Å². The van der Waals surface area contributed by atoms with Gasteiger partial charge in [-0.25, -0.2) is 4.68 Å². The molecule has 5 heteroatoms. The van der Waals surface area contributed by atoms with E-state index in [1.165, 1.54) is 6.08 Å². The minimum atomic E-state index is -0.194. The van der Waals surface area contributed by atoms with Gasteiger partial charge in [0, 0.05) is 29.1 Å². The smallest absolute Gasteiger partial charge is 0.248 e. The Balaban J connectivity index is 1.71. The van der Waals surface area contributed by atoms with Gasteiger partial charge in [-0.05, 0) is 55.3 Å².